The van der Waals surface area contributed by atoms with E-state index >= 15 is 0 Å². The van der Waals surface area contributed by atoms with E-state index in [4.69, 9.17) is 0 Å². The van der Waals surface area contributed by atoms with E-state index in [1.165, 1.54) is 0 Å². The summed E-state index contributed by atoms with van der Waals surface area (Å²) in [6, 6.07) is 11.9. The molecule has 3 rings (SSSR count). The van der Waals surface area contributed by atoms with Crippen LogP contribution < -0.4 is 5.32 Å². The molecule has 2 aromatic heterocycles. The fraction of sp³-hybridized carbons (Fsp3) is 0.133. The predicted molar refractivity (Wildman–Crippen MR) is 85.3 cm³/mol. The summed E-state index contributed by atoms with van der Waals surface area (Å²) in [5, 5.41) is 11.8. The quantitative estimate of drug-likeness (QED) is 0.786. The van der Waals surface area contributed by atoms with Crippen LogP contribution in [0.3, 0.4) is 0 Å². The smallest absolute Gasteiger partial charge is 0.105 e. The topological polar surface area (TPSA) is 55.6 Å². The van der Waals surface area contributed by atoms with Crippen LogP contribution >= 0.6 is 15.9 Å². The molecular formula is C15H14BrN5. The van der Waals surface area contributed by atoms with Crippen molar-refractivity contribution in [2.45, 2.75) is 13.0 Å². The van der Waals surface area contributed by atoms with Crippen LogP contribution in [0.15, 0.2) is 59.5 Å². The number of nitrogens with zero attached hydrogens (tertiary/aromatic N) is 4. The Labute approximate surface area is 131 Å². The highest BCUT2D eigenvalue weighted by atomic mass is 79.9. The average Bonchev–Trinajstić information content (AvgIpc) is 2.98. The number of rotatable bonds is 4. The van der Waals surface area contributed by atoms with E-state index in [1.807, 2.05) is 49.5 Å². The van der Waals surface area contributed by atoms with E-state index in [-0.39, 0.29) is 6.04 Å². The van der Waals surface area contributed by atoms with Gasteiger partial charge in [-0.25, -0.2) is 4.68 Å². The fourth-order valence-corrected chi connectivity index (χ4v) is 2.36. The number of halogens is 1. The molecule has 0 fully saturated rings. The van der Waals surface area contributed by atoms with Gasteiger partial charge in [0.05, 0.1) is 29.8 Å². The summed E-state index contributed by atoms with van der Waals surface area (Å²) in [6.45, 7) is 2.04. The first-order valence-electron chi connectivity index (χ1n) is 6.57. The molecule has 3 aromatic rings. The number of hydrogen-bond donors (Lipinski definition) is 1. The largest absolute Gasteiger partial charge is 0.376 e. The van der Waals surface area contributed by atoms with E-state index in [0.29, 0.717) is 0 Å². The molecule has 0 aliphatic carbocycles. The highest BCUT2D eigenvalue weighted by molar-refractivity contribution is 9.10. The van der Waals surface area contributed by atoms with Gasteiger partial charge in [0.25, 0.3) is 0 Å². The van der Waals surface area contributed by atoms with Crippen LogP contribution in [0.25, 0.3) is 5.69 Å². The highest BCUT2D eigenvalue weighted by Gasteiger charge is 2.11. The number of pyridine rings is 1. The minimum absolute atomic E-state index is 0.0403. The van der Waals surface area contributed by atoms with E-state index in [2.05, 4.69) is 36.5 Å². The molecule has 2 heterocycles. The van der Waals surface area contributed by atoms with Gasteiger partial charge in [-0.2, -0.15) is 0 Å². The Morgan fingerprint density at radius 3 is 2.76 bits per heavy atom. The standard InChI is InChI=1S/C15H14BrN5/c1-11(18-13-7-12(16)8-17-9-13)15-10-21(20-19-15)14-5-3-2-4-6-14/h2-11,18H,1H3. The molecule has 6 heteroatoms. The lowest BCUT2D eigenvalue weighted by Gasteiger charge is -2.12. The van der Waals surface area contributed by atoms with Gasteiger partial charge < -0.3 is 5.32 Å². The summed E-state index contributed by atoms with van der Waals surface area (Å²) >= 11 is 3.41. The summed E-state index contributed by atoms with van der Waals surface area (Å²) in [5.41, 5.74) is 2.80. The van der Waals surface area contributed by atoms with E-state index < -0.39 is 0 Å². The van der Waals surface area contributed by atoms with Crippen molar-refractivity contribution < 1.29 is 0 Å². The number of anilines is 1. The summed E-state index contributed by atoms with van der Waals surface area (Å²) in [4.78, 5) is 4.13. The highest BCUT2D eigenvalue weighted by Crippen LogP contribution is 2.20. The molecule has 0 radical (unpaired) electrons. The van der Waals surface area contributed by atoms with E-state index in [0.717, 1.165) is 21.5 Å². The molecule has 0 saturated carbocycles. The third-order valence-electron chi connectivity index (χ3n) is 3.06. The second-order valence-electron chi connectivity index (χ2n) is 4.68. The molecule has 0 spiro atoms. The zero-order valence-corrected chi connectivity index (χ0v) is 13.0. The minimum Gasteiger partial charge on any atom is -0.376 e. The van der Waals surface area contributed by atoms with Crippen molar-refractivity contribution in [2.24, 2.45) is 0 Å². The third-order valence-corrected chi connectivity index (χ3v) is 3.50. The van der Waals surface area contributed by atoms with Crippen LogP contribution in [0.5, 0.6) is 0 Å². The Balaban J connectivity index is 1.77. The first-order chi connectivity index (χ1) is 10.2. The zero-order chi connectivity index (χ0) is 14.7. The molecule has 21 heavy (non-hydrogen) atoms. The Bertz CT molecular complexity index is 726. The second kappa shape index (κ2) is 6.05. The van der Waals surface area contributed by atoms with Crippen molar-refractivity contribution >= 4 is 21.6 Å². The van der Waals surface area contributed by atoms with Crippen LogP contribution in [0, 0.1) is 0 Å². The maximum atomic E-state index is 4.23. The molecule has 106 valence electrons. The Hall–Kier alpha value is -2.21. The van der Waals surface area contributed by atoms with E-state index in [1.54, 1.807) is 17.1 Å². The molecule has 0 aliphatic rings. The van der Waals surface area contributed by atoms with Crippen molar-refractivity contribution in [3.63, 3.8) is 0 Å². The first kappa shape index (κ1) is 13.8. The maximum Gasteiger partial charge on any atom is 0.105 e. The van der Waals surface area contributed by atoms with Gasteiger partial charge in [0.2, 0.25) is 0 Å². The van der Waals surface area contributed by atoms with Crippen molar-refractivity contribution in [1.82, 2.24) is 20.0 Å². The molecule has 0 amide bonds. The molecule has 1 unspecified atom stereocenters. The maximum absolute atomic E-state index is 4.23. The molecule has 5 nitrogen and oxygen atoms in total. The van der Waals surface area contributed by atoms with Crippen molar-refractivity contribution in [3.05, 3.63) is 65.2 Å². The Morgan fingerprint density at radius 1 is 1.19 bits per heavy atom. The molecular weight excluding hydrogens is 330 g/mol. The van der Waals surface area contributed by atoms with Crippen LogP contribution in [0.4, 0.5) is 5.69 Å². The summed E-state index contributed by atoms with van der Waals surface area (Å²) in [5.74, 6) is 0. The molecule has 0 bridgehead atoms. The van der Waals surface area contributed by atoms with Gasteiger partial charge in [0, 0.05) is 10.7 Å². The van der Waals surface area contributed by atoms with Gasteiger partial charge in [-0.3, -0.25) is 4.98 Å². The summed E-state index contributed by atoms with van der Waals surface area (Å²) < 4.78 is 2.71. The van der Waals surface area contributed by atoms with Crippen LogP contribution in [-0.2, 0) is 0 Å². The molecule has 1 N–H and O–H groups in total. The average molecular weight is 344 g/mol. The Morgan fingerprint density at radius 2 is 2.00 bits per heavy atom. The SMILES string of the molecule is CC(Nc1cncc(Br)c1)c1cn(-c2ccccc2)nn1. The van der Waals surface area contributed by atoms with Gasteiger partial charge in [0.15, 0.2) is 0 Å². The number of benzene rings is 1. The molecule has 0 saturated heterocycles. The normalized spacial score (nSPS) is 12.1. The van der Waals surface area contributed by atoms with Crippen molar-refractivity contribution in [2.75, 3.05) is 5.32 Å². The Kier molecular flexibility index (Phi) is 3.96. The summed E-state index contributed by atoms with van der Waals surface area (Å²) in [7, 11) is 0. The van der Waals surface area contributed by atoms with Gasteiger partial charge in [-0.15, -0.1) is 5.10 Å². The fourth-order valence-electron chi connectivity index (χ4n) is 2.00. The lowest BCUT2D eigenvalue weighted by atomic mass is 10.2. The molecule has 0 aliphatic heterocycles. The third kappa shape index (κ3) is 3.28. The predicted octanol–water partition coefficient (Wildman–Crippen LogP) is 3.60. The number of aromatic nitrogens is 4. The zero-order valence-electron chi connectivity index (χ0n) is 11.4. The van der Waals surface area contributed by atoms with Gasteiger partial charge >= 0.3 is 0 Å². The lowest BCUT2D eigenvalue weighted by molar-refractivity contribution is 0.781. The number of nitrogens with one attached hydrogen (secondary N) is 1. The summed E-state index contributed by atoms with van der Waals surface area (Å²) in [6.07, 6.45) is 5.46. The van der Waals surface area contributed by atoms with Crippen LogP contribution in [0.1, 0.15) is 18.7 Å². The lowest BCUT2D eigenvalue weighted by Crippen LogP contribution is -2.07. The van der Waals surface area contributed by atoms with Crippen molar-refractivity contribution in [3.8, 4) is 5.69 Å². The second-order valence-corrected chi connectivity index (χ2v) is 5.60. The van der Waals surface area contributed by atoms with Gasteiger partial charge in [0.1, 0.15) is 5.69 Å². The van der Waals surface area contributed by atoms with Crippen LogP contribution in [0.2, 0.25) is 0 Å². The van der Waals surface area contributed by atoms with Crippen molar-refractivity contribution in [1.29, 1.82) is 0 Å². The number of hydrogen-bond acceptors (Lipinski definition) is 4. The number of para-hydroxylation sites is 1. The molecule has 1 atom stereocenters. The monoisotopic (exact) mass is 343 g/mol. The van der Waals surface area contributed by atoms with Gasteiger partial charge in [-0.05, 0) is 41.1 Å². The first-order valence-corrected chi connectivity index (χ1v) is 7.36. The minimum atomic E-state index is 0.0403. The van der Waals surface area contributed by atoms with Crippen LogP contribution in [-0.4, -0.2) is 20.0 Å². The van der Waals surface area contributed by atoms with E-state index in [9.17, 15) is 0 Å². The molecule has 1 aromatic carbocycles. The van der Waals surface area contributed by atoms with Gasteiger partial charge in [-0.1, -0.05) is 23.4 Å².